The molecule has 1 aromatic rings. The number of morpholine rings is 2. The van der Waals surface area contributed by atoms with E-state index in [9.17, 15) is 4.79 Å². The Morgan fingerprint density at radius 1 is 1.32 bits per heavy atom. The van der Waals surface area contributed by atoms with E-state index < -0.39 is 0 Å². The van der Waals surface area contributed by atoms with Crippen LogP contribution in [0.3, 0.4) is 0 Å². The second-order valence-corrected chi connectivity index (χ2v) is 5.07. The summed E-state index contributed by atoms with van der Waals surface area (Å²) < 4.78 is 13.1. The van der Waals surface area contributed by atoms with Crippen molar-refractivity contribution in [3.63, 3.8) is 0 Å². The standard InChI is InChI=1S/C13H20N4O3.2ClH/c18-13(12-8-14-3-6-20-12)16-5-7-19-11(9-16)10-17-4-1-2-15-17;;/h1-2,4,11-12,14H,3,5-10H2;2*1H. The van der Waals surface area contributed by atoms with E-state index in [4.69, 9.17) is 9.47 Å². The van der Waals surface area contributed by atoms with Crippen LogP contribution in [0.1, 0.15) is 0 Å². The predicted molar refractivity (Wildman–Crippen MR) is 85.7 cm³/mol. The van der Waals surface area contributed by atoms with Gasteiger partial charge in [-0.2, -0.15) is 5.10 Å². The molecule has 3 heterocycles. The minimum Gasteiger partial charge on any atom is -0.373 e. The van der Waals surface area contributed by atoms with E-state index in [1.54, 1.807) is 6.20 Å². The van der Waals surface area contributed by atoms with E-state index >= 15 is 0 Å². The summed E-state index contributed by atoms with van der Waals surface area (Å²) in [5.74, 6) is 0.0611. The van der Waals surface area contributed by atoms with Gasteiger partial charge in [-0.05, 0) is 6.07 Å². The van der Waals surface area contributed by atoms with Crippen molar-refractivity contribution >= 4 is 30.7 Å². The third kappa shape index (κ3) is 4.82. The quantitative estimate of drug-likeness (QED) is 0.825. The fourth-order valence-electron chi connectivity index (χ4n) is 2.57. The zero-order chi connectivity index (χ0) is 13.8. The van der Waals surface area contributed by atoms with Crippen LogP contribution in [0.25, 0.3) is 0 Å². The van der Waals surface area contributed by atoms with Gasteiger partial charge in [-0.3, -0.25) is 9.48 Å². The van der Waals surface area contributed by atoms with E-state index in [-0.39, 0.29) is 42.9 Å². The fourth-order valence-corrected chi connectivity index (χ4v) is 2.57. The molecule has 1 N–H and O–H groups in total. The third-order valence-electron chi connectivity index (χ3n) is 3.60. The molecule has 2 fully saturated rings. The van der Waals surface area contributed by atoms with Gasteiger partial charge in [-0.1, -0.05) is 0 Å². The predicted octanol–water partition coefficient (Wildman–Crippen LogP) is -0.0575. The molecule has 0 radical (unpaired) electrons. The van der Waals surface area contributed by atoms with Gasteiger partial charge in [-0.25, -0.2) is 0 Å². The van der Waals surface area contributed by atoms with Crippen molar-refractivity contribution in [2.75, 3.05) is 39.4 Å². The first-order valence-corrected chi connectivity index (χ1v) is 7.03. The molecule has 2 unspecified atom stereocenters. The maximum atomic E-state index is 12.4. The van der Waals surface area contributed by atoms with Gasteiger partial charge in [0, 0.05) is 38.6 Å². The Hall–Kier alpha value is -0.860. The molecular formula is C13H22Cl2N4O3. The van der Waals surface area contributed by atoms with Crippen LogP contribution in [0.2, 0.25) is 0 Å². The number of hydrogen-bond donors (Lipinski definition) is 1. The fraction of sp³-hybridized carbons (Fsp3) is 0.692. The second-order valence-electron chi connectivity index (χ2n) is 5.07. The number of ether oxygens (including phenoxy) is 2. The van der Waals surface area contributed by atoms with E-state index in [0.717, 1.165) is 6.54 Å². The Labute approximate surface area is 142 Å². The molecule has 2 aliphatic rings. The first-order valence-electron chi connectivity index (χ1n) is 7.03. The van der Waals surface area contributed by atoms with Crippen LogP contribution >= 0.6 is 24.8 Å². The number of hydrogen-bond acceptors (Lipinski definition) is 5. The Balaban J connectivity index is 0.00000121. The van der Waals surface area contributed by atoms with Crippen molar-refractivity contribution in [3.05, 3.63) is 18.5 Å². The number of halogens is 2. The summed E-state index contributed by atoms with van der Waals surface area (Å²) in [5, 5.41) is 7.35. The van der Waals surface area contributed by atoms with Crippen LogP contribution in [0, 0.1) is 0 Å². The molecule has 1 amide bonds. The largest absolute Gasteiger partial charge is 0.373 e. The second kappa shape index (κ2) is 9.32. The van der Waals surface area contributed by atoms with Gasteiger partial charge in [0.15, 0.2) is 0 Å². The molecule has 2 saturated heterocycles. The van der Waals surface area contributed by atoms with Crippen molar-refractivity contribution in [1.29, 1.82) is 0 Å². The lowest BCUT2D eigenvalue weighted by molar-refractivity contribution is -0.153. The summed E-state index contributed by atoms with van der Waals surface area (Å²) >= 11 is 0. The number of rotatable bonds is 3. The minimum absolute atomic E-state index is 0. The SMILES string of the molecule is Cl.Cl.O=C(C1CNCCO1)N1CCOC(Cn2cccn2)C1. The molecule has 7 nitrogen and oxygen atoms in total. The van der Waals surface area contributed by atoms with Gasteiger partial charge in [0.05, 0.1) is 25.9 Å². The van der Waals surface area contributed by atoms with E-state index in [2.05, 4.69) is 10.4 Å². The summed E-state index contributed by atoms with van der Waals surface area (Å²) in [6.07, 6.45) is 3.28. The Morgan fingerprint density at radius 2 is 2.18 bits per heavy atom. The lowest BCUT2D eigenvalue weighted by Gasteiger charge is -2.35. The average Bonchev–Trinajstić information content (AvgIpc) is 3.01. The normalized spacial score (nSPS) is 25.0. The Bertz CT molecular complexity index is 441. The van der Waals surface area contributed by atoms with E-state index in [1.165, 1.54) is 0 Å². The molecule has 2 atom stereocenters. The Morgan fingerprint density at radius 3 is 2.86 bits per heavy atom. The summed E-state index contributed by atoms with van der Waals surface area (Å²) in [5.41, 5.74) is 0. The Kier molecular flexibility index (Phi) is 8.13. The van der Waals surface area contributed by atoms with Gasteiger partial charge in [0.2, 0.25) is 0 Å². The molecule has 0 saturated carbocycles. The molecular weight excluding hydrogens is 331 g/mol. The van der Waals surface area contributed by atoms with Crippen molar-refractivity contribution in [1.82, 2.24) is 20.0 Å². The molecule has 0 aromatic carbocycles. The molecule has 2 aliphatic heterocycles. The molecule has 1 aromatic heterocycles. The highest BCUT2D eigenvalue weighted by Crippen LogP contribution is 2.11. The highest BCUT2D eigenvalue weighted by atomic mass is 35.5. The van der Waals surface area contributed by atoms with Gasteiger partial charge in [-0.15, -0.1) is 24.8 Å². The first-order chi connectivity index (χ1) is 9.83. The van der Waals surface area contributed by atoms with Gasteiger partial charge >= 0.3 is 0 Å². The number of carbonyl (C=O) groups is 1. The number of aromatic nitrogens is 2. The van der Waals surface area contributed by atoms with Crippen LogP contribution in [0.4, 0.5) is 0 Å². The lowest BCUT2D eigenvalue weighted by Crippen LogP contribution is -2.54. The lowest BCUT2D eigenvalue weighted by atomic mass is 10.2. The molecule has 22 heavy (non-hydrogen) atoms. The number of nitrogens with one attached hydrogen (secondary N) is 1. The zero-order valence-corrected chi connectivity index (χ0v) is 13.9. The van der Waals surface area contributed by atoms with Gasteiger partial charge in [0.25, 0.3) is 5.91 Å². The van der Waals surface area contributed by atoms with Crippen LogP contribution < -0.4 is 5.32 Å². The smallest absolute Gasteiger partial charge is 0.253 e. The molecule has 0 bridgehead atoms. The van der Waals surface area contributed by atoms with Crippen LogP contribution in [-0.2, 0) is 20.8 Å². The van der Waals surface area contributed by atoms with Crippen molar-refractivity contribution in [3.8, 4) is 0 Å². The maximum absolute atomic E-state index is 12.4. The summed E-state index contributed by atoms with van der Waals surface area (Å²) in [4.78, 5) is 14.2. The summed E-state index contributed by atoms with van der Waals surface area (Å²) in [7, 11) is 0. The van der Waals surface area contributed by atoms with E-state index in [0.29, 0.717) is 39.4 Å². The molecule has 126 valence electrons. The van der Waals surface area contributed by atoms with Crippen molar-refractivity contribution in [2.24, 2.45) is 0 Å². The maximum Gasteiger partial charge on any atom is 0.253 e. The highest BCUT2D eigenvalue weighted by molar-refractivity contribution is 5.85. The zero-order valence-electron chi connectivity index (χ0n) is 12.2. The van der Waals surface area contributed by atoms with Crippen LogP contribution in [0.5, 0.6) is 0 Å². The van der Waals surface area contributed by atoms with Crippen molar-refractivity contribution < 1.29 is 14.3 Å². The first kappa shape index (κ1) is 19.2. The van der Waals surface area contributed by atoms with E-state index in [1.807, 2.05) is 21.8 Å². The molecule has 3 rings (SSSR count). The number of amides is 1. The van der Waals surface area contributed by atoms with Crippen LogP contribution in [0.15, 0.2) is 18.5 Å². The number of nitrogens with zero attached hydrogens (tertiary/aromatic N) is 3. The third-order valence-corrected chi connectivity index (χ3v) is 3.60. The summed E-state index contributed by atoms with van der Waals surface area (Å²) in [6, 6.07) is 1.88. The van der Waals surface area contributed by atoms with Crippen molar-refractivity contribution in [2.45, 2.75) is 18.8 Å². The summed E-state index contributed by atoms with van der Waals surface area (Å²) in [6.45, 7) is 4.47. The topological polar surface area (TPSA) is 68.6 Å². The molecule has 0 spiro atoms. The highest BCUT2D eigenvalue weighted by Gasteiger charge is 2.31. The van der Waals surface area contributed by atoms with Gasteiger partial charge in [0.1, 0.15) is 6.10 Å². The monoisotopic (exact) mass is 352 g/mol. The number of carbonyl (C=O) groups excluding carboxylic acids is 1. The average molecular weight is 353 g/mol. The van der Waals surface area contributed by atoms with Gasteiger partial charge < -0.3 is 19.7 Å². The molecule has 9 heteroatoms. The van der Waals surface area contributed by atoms with Crippen LogP contribution in [-0.4, -0.2) is 72.2 Å². The molecule has 0 aliphatic carbocycles. The minimum atomic E-state index is -0.354.